The molecule has 0 fully saturated rings. The Morgan fingerprint density at radius 2 is 2.08 bits per heavy atom. The van der Waals surface area contributed by atoms with Gasteiger partial charge in [-0.3, -0.25) is 4.98 Å². The highest BCUT2D eigenvalue weighted by molar-refractivity contribution is 14.1. The van der Waals surface area contributed by atoms with Crippen molar-refractivity contribution in [2.45, 2.75) is 6.43 Å². The monoisotopic (exact) mass is 351 g/mol. The highest BCUT2D eigenvalue weighted by Gasteiger charge is 2.17. The van der Waals surface area contributed by atoms with Crippen LogP contribution in [-0.4, -0.2) is 4.98 Å². The van der Waals surface area contributed by atoms with Crippen molar-refractivity contribution in [3.05, 3.63) is 25.8 Å². The zero-order valence-electron chi connectivity index (χ0n) is 5.49. The van der Waals surface area contributed by atoms with Crippen molar-refractivity contribution in [3.63, 3.8) is 0 Å². The standard InChI is InChI=1S/C6H2BrF3IN/c7-2-1-12-5(6(9)10)4(11)3(2)8/h1,6H. The fourth-order valence-electron chi connectivity index (χ4n) is 0.609. The van der Waals surface area contributed by atoms with Gasteiger partial charge in [0, 0.05) is 6.20 Å². The molecule has 0 radical (unpaired) electrons. The van der Waals surface area contributed by atoms with E-state index in [4.69, 9.17) is 0 Å². The summed E-state index contributed by atoms with van der Waals surface area (Å²) in [4.78, 5) is 3.39. The van der Waals surface area contributed by atoms with E-state index < -0.39 is 17.9 Å². The zero-order valence-corrected chi connectivity index (χ0v) is 9.24. The predicted octanol–water partition coefficient (Wildman–Crippen LogP) is 3.53. The summed E-state index contributed by atoms with van der Waals surface area (Å²) in [6.07, 6.45) is -1.71. The lowest BCUT2D eigenvalue weighted by molar-refractivity contribution is 0.144. The molecule has 0 saturated carbocycles. The predicted molar refractivity (Wildman–Crippen MR) is 49.6 cm³/mol. The van der Waals surface area contributed by atoms with Crippen LogP contribution in [0.2, 0.25) is 0 Å². The first-order valence-corrected chi connectivity index (χ1v) is 4.68. The summed E-state index contributed by atoms with van der Waals surface area (Å²) in [6.45, 7) is 0. The number of pyridine rings is 1. The molecule has 0 N–H and O–H groups in total. The normalized spacial score (nSPS) is 10.8. The van der Waals surface area contributed by atoms with Gasteiger partial charge in [0.2, 0.25) is 0 Å². The van der Waals surface area contributed by atoms with Gasteiger partial charge < -0.3 is 0 Å². The van der Waals surface area contributed by atoms with E-state index in [1.807, 2.05) is 0 Å². The third kappa shape index (κ3) is 1.90. The molecular weight excluding hydrogens is 350 g/mol. The molecule has 1 aromatic rings. The van der Waals surface area contributed by atoms with Crippen LogP contribution in [0, 0.1) is 9.39 Å². The largest absolute Gasteiger partial charge is 0.281 e. The molecule has 1 nitrogen and oxygen atoms in total. The summed E-state index contributed by atoms with van der Waals surface area (Å²) in [5.41, 5.74) is -0.517. The van der Waals surface area contributed by atoms with Crippen molar-refractivity contribution in [2.75, 3.05) is 0 Å². The van der Waals surface area contributed by atoms with E-state index in [2.05, 4.69) is 20.9 Å². The Hall–Kier alpha value is 0.150. The highest BCUT2D eigenvalue weighted by Crippen LogP contribution is 2.27. The van der Waals surface area contributed by atoms with E-state index in [-0.39, 0.29) is 8.04 Å². The quantitative estimate of drug-likeness (QED) is 0.705. The van der Waals surface area contributed by atoms with Crippen LogP contribution in [0.1, 0.15) is 12.1 Å². The number of halogens is 5. The van der Waals surface area contributed by atoms with Crippen molar-refractivity contribution in [2.24, 2.45) is 0 Å². The molecule has 6 heteroatoms. The Morgan fingerprint density at radius 3 is 2.58 bits per heavy atom. The summed E-state index contributed by atoms with van der Waals surface area (Å²) < 4.78 is 37.1. The third-order valence-electron chi connectivity index (χ3n) is 1.15. The van der Waals surface area contributed by atoms with E-state index in [1.54, 1.807) is 0 Å². The molecule has 0 bridgehead atoms. The van der Waals surface area contributed by atoms with E-state index in [0.717, 1.165) is 6.20 Å². The molecule has 0 spiro atoms. The molecule has 1 rings (SSSR count). The van der Waals surface area contributed by atoms with E-state index in [1.165, 1.54) is 22.6 Å². The molecule has 0 atom stereocenters. The van der Waals surface area contributed by atoms with Crippen LogP contribution in [0.4, 0.5) is 13.2 Å². The Kier molecular flexibility index (Phi) is 3.33. The molecule has 0 aliphatic carbocycles. The second kappa shape index (κ2) is 3.91. The van der Waals surface area contributed by atoms with Crippen molar-refractivity contribution < 1.29 is 13.2 Å². The minimum Gasteiger partial charge on any atom is -0.253 e. The van der Waals surface area contributed by atoms with Gasteiger partial charge in [-0.15, -0.1) is 0 Å². The van der Waals surface area contributed by atoms with Crippen LogP contribution in [0.3, 0.4) is 0 Å². The fraction of sp³-hybridized carbons (Fsp3) is 0.167. The fourth-order valence-corrected chi connectivity index (χ4v) is 1.95. The van der Waals surface area contributed by atoms with Gasteiger partial charge in [0.15, 0.2) is 5.82 Å². The maximum absolute atomic E-state index is 12.9. The second-order valence-corrected chi connectivity index (χ2v) is 3.85. The smallest absolute Gasteiger partial charge is 0.253 e. The van der Waals surface area contributed by atoms with Gasteiger partial charge in [-0.1, -0.05) is 0 Å². The van der Waals surface area contributed by atoms with Crippen molar-refractivity contribution in [1.29, 1.82) is 0 Å². The summed E-state index contributed by atoms with van der Waals surface area (Å²) in [5, 5.41) is 0. The number of aromatic nitrogens is 1. The first-order chi connectivity index (χ1) is 5.54. The molecule has 0 aromatic carbocycles. The minimum atomic E-state index is -2.74. The first-order valence-electron chi connectivity index (χ1n) is 2.81. The van der Waals surface area contributed by atoms with Crippen LogP contribution in [-0.2, 0) is 0 Å². The molecule has 0 aliphatic rings. The van der Waals surface area contributed by atoms with Crippen molar-refractivity contribution in [1.82, 2.24) is 4.98 Å². The Morgan fingerprint density at radius 1 is 1.50 bits per heavy atom. The molecule has 0 amide bonds. The maximum Gasteiger partial charge on any atom is 0.281 e. The molecule has 1 aromatic heterocycles. The summed E-state index contributed by atoms with van der Waals surface area (Å²) >= 11 is 4.34. The van der Waals surface area contributed by atoms with Crippen LogP contribution >= 0.6 is 38.5 Å². The summed E-state index contributed by atoms with van der Waals surface area (Å²) in [5.74, 6) is -0.694. The van der Waals surface area contributed by atoms with E-state index in [9.17, 15) is 13.2 Å². The van der Waals surface area contributed by atoms with Crippen LogP contribution < -0.4 is 0 Å². The van der Waals surface area contributed by atoms with Gasteiger partial charge >= 0.3 is 0 Å². The summed E-state index contributed by atoms with van der Waals surface area (Å²) in [7, 11) is 0. The van der Waals surface area contributed by atoms with Gasteiger partial charge in [0.1, 0.15) is 5.69 Å². The Labute approximate surface area is 88.6 Å². The van der Waals surface area contributed by atoms with Crippen molar-refractivity contribution in [3.8, 4) is 0 Å². The van der Waals surface area contributed by atoms with Gasteiger partial charge in [0.05, 0.1) is 8.04 Å². The zero-order chi connectivity index (χ0) is 9.30. The molecule has 1 heterocycles. The molecule has 12 heavy (non-hydrogen) atoms. The van der Waals surface area contributed by atoms with Crippen LogP contribution in [0.15, 0.2) is 10.7 Å². The highest BCUT2D eigenvalue weighted by atomic mass is 127. The first kappa shape index (κ1) is 10.2. The molecule has 0 aliphatic heterocycles. The molecule has 0 unspecified atom stereocenters. The van der Waals surface area contributed by atoms with Crippen molar-refractivity contribution >= 4 is 38.5 Å². The average molecular weight is 352 g/mol. The Bertz CT molecular complexity index is 305. The number of hydrogen-bond donors (Lipinski definition) is 0. The number of nitrogens with zero attached hydrogens (tertiary/aromatic N) is 1. The van der Waals surface area contributed by atoms with Crippen LogP contribution in [0.25, 0.3) is 0 Å². The lowest BCUT2D eigenvalue weighted by atomic mass is 10.3. The summed E-state index contributed by atoms with van der Waals surface area (Å²) in [6, 6.07) is 0. The topological polar surface area (TPSA) is 12.9 Å². The average Bonchev–Trinajstić information content (AvgIpc) is 2.00. The van der Waals surface area contributed by atoms with Gasteiger partial charge in [0.25, 0.3) is 6.43 Å². The third-order valence-corrected chi connectivity index (χ3v) is 2.73. The number of hydrogen-bond acceptors (Lipinski definition) is 1. The molecule has 66 valence electrons. The Balaban J connectivity index is 3.27. The SMILES string of the molecule is Fc1c(Br)cnc(C(F)F)c1I. The lowest BCUT2D eigenvalue weighted by Gasteiger charge is -2.03. The van der Waals surface area contributed by atoms with Gasteiger partial charge in [-0.25, -0.2) is 13.2 Å². The molecule has 0 saturated heterocycles. The van der Waals surface area contributed by atoms with E-state index in [0.29, 0.717) is 0 Å². The van der Waals surface area contributed by atoms with Gasteiger partial charge in [-0.05, 0) is 38.5 Å². The lowest BCUT2D eigenvalue weighted by Crippen LogP contribution is -1.98. The number of alkyl halides is 2. The second-order valence-electron chi connectivity index (χ2n) is 1.92. The molecular formula is C6H2BrF3IN. The van der Waals surface area contributed by atoms with Crippen LogP contribution in [0.5, 0.6) is 0 Å². The van der Waals surface area contributed by atoms with Gasteiger partial charge in [-0.2, -0.15) is 0 Å². The number of rotatable bonds is 1. The maximum atomic E-state index is 12.9. The minimum absolute atomic E-state index is 0.0938. The van der Waals surface area contributed by atoms with E-state index >= 15 is 0 Å².